The summed E-state index contributed by atoms with van der Waals surface area (Å²) >= 11 is 1.33. The number of unbranched alkanes of at least 4 members (excludes halogenated alkanes) is 2. The van der Waals surface area contributed by atoms with Crippen molar-refractivity contribution in [2.75, 3.05) is 49.9 Å². The van der Waals surface area contributed by atoms with Crippen molar-refractivity contribution >= 4 is 52.4 Å². The standard InChI is InChI=1S/C37H50N3O10PS2/c1-5-7-19-36(20-8-6-2)26-40(29-17-13-10-14-18-29)30-23-32(52-4)31(24-33(30)53(46,47)27-36)49-25-34(41)39-37(43,28-15-11-9-12-16-28)35(42)38-21-22-51(44,45)50-48-3/h9-18,23-24,43H,5-8,19-22,25-27H2,1-4H3,(H,38,42)(H,39,41)(H,44,45)/t37-/m1/s1. The molecule has 1 heterocycles. The maximum absolute atomic E-state index is 14.4. The average molecular weight is 792 g/mol. The third-order valence-electron chi connectivity index (χ3n) is 9.12. The Morgan fingerprint density at radius 2 is 1.64 bits per heavy atom. The number of carbonyl (C=O) groups excluding carboxylic acids is 2. The topological polar surface area (TPSA) is 181 Å². The molecule has 0 saturated carbocycles. The monoisotopic (exact) mass is 791 g/mol. The quantitative estimate of drug-likeness (QED) is 0.0371. The number of hydrogen-bond acceptors (Lipinski definition) is 11. The molecule has 16 heteroatoms. The van der Waals surface area contributed by atoms with Crippen molar-refractivity contribution < 1.29 is 46.9 Å². The molecular formula is C37H50N3O10PS2. The summed E-state index contributed by atoms with van der Waals surface area (Å²) < 4.78 is 51.1. The van der Waals surface area contributed by atoms with Crippen molar-refractivity contribution in [3.05, 3.63) is 78.4 Å². The van der Waals surface area contributed by atoms with E-state index in [1.165, 1.54) is 30.0 Å². The van der Waals surface area contributed by atoms with Crippen LogP contribution in [0.25, 0.3) is 0 Å². The minimum Gasteiger partial charge on any atom is -0.483 e. The van der Waals surface area contributed by atoms with Crippen LogP contribution in [0.2, 0.25) is 0 Å². The van der Waals surface area contributed by atoms with Gasteiger partial charge in [0.05, 0.1) is 34.5 Å². The van der Waals surface area contributed by atoms with E-state index in [1.807, 2.05) is 36.6 Å². The smallest absolute Gasteiger partial charge is 0.357 e. The lowest BCUT2D eigenvalue weighted by molar-refractivity contribution is -0.185. The second-order valence-corrected chi connectivity index (χ2v) is 17.8. The fourth-order valence-corrected chi connectivity index (χ4v) is 9.86. The summed E-state index contributed by atoms with van der Waals surface area (Å²) in [6.07, 6.45) is 6.49. The number of rotatable bonds is 19. The van der Waals surface area contributed by atoms with Gasteiger partial charge in [-0.15, -0.1) is 16.4 Å². The van der Waals surface area contributed by atoms with Crippen LogP contribution in [-0.4, -0.2) is 75.2 Å². The first-order valence-corrected chi connectivity index (χ1v) is 22.2. The predicted octanol–water partition coefficient (Wildman–Crippen LogP) is 5.92. The normalized spacial score (nSPS) is 17.1. The first-order chi connectivity index (χ1) is 25.2. The van der Waals surface area contributed by atoms with Crippen LogP contribution in [0.15, 0.2) is 82.6 Å². The fourth-order valence-electron chi connectivity index (χ4n) is 6.49. The molecule has 3 aromatic carbocycles. The molecule has 0 radical (unpaired) electrons. The van der Waals surface area contributed by atoms with Crippen LogP contribution in [0, 0.1) is 5.41 Å². The highest BCUT2D eigenvalue weighted by molar-refractivity contribution is 7.98. The van der Waals surface area contributed by atoms with E-state index in [-0.39, 0.29) is 22.0 Å². The maximum Gasteiger partial charge on any atom is 0.357 e. The summed E-state index contributed by atoms with van der Waals surface area (Å²) in [4.78, 5) is 43.5. The number of hydrogen-bond donors (Lipinski definition) is 4. The van der Waals surface area contributed by atoms with E-state index in [0.29, 0.717) is 17.1 Å². The van der Waals surface area contributed by atoms with Gasteiger partial charge in [0.25, 0.3) is 11.8 Å². The Morgan fingerprint density at radius 1 is 1.02 bits per heavy atom. The van der Waals surface area contributed by atoms with Crippen molar-refractivity contribution in [3.63, 3.8) is 0 Å². The Bertz CT molecular complexity index is 1840. The van der Waals surface area contributed by atoms with Crippen molar-refractivity contribution in [2.24, 2.45) is 5.41 Å². The van der Waals surface area contributed by atoms with Gasteiger partial charge in [0.1, 0.15) is 5.75 Å². The van der Waals surface area contributed by atoms with Gasteiger partial charge in [0, 0.05) is 35.8 Å². The summed E-state index contributed by atoms with van der Waals surface area (Å²) in [5.41, 5.74) is -1.67. The Morgan fingerprint density at radius 3 is 2.23 bits per heavy atom. The second-order valence-electron chi connectivity index (χ2n) is 13.1. The highest BCUT2D eigenvalue weighted by Crippen LogP contribution is 2.48. The lowest BCUT2D eigenvalue weighted by Crippen LogP contribution is -2.57. The summed E-state index contributed by atoms with van der Waals surface area (Å²) in [6, 6.07) is 20.6. The van der Waals surface area contributed by atoms with Crippen LogP contribution < -0.4 is 20.3 Å². The zero-order valence-electron chi connectivity index (χ0n) is 30.6. The molecule has 4 rings (SSSR count). The average Bonchev–Trinajstić information content (AvgIpc) is 3.23. The molecule has 0 spiro atoms. The number of aliphatic hydroxyl groups is 1. The lowest BCUT2D eigenvalue weighted by Gasteiger charge is -2.37. The highest BCUT2D eigenvalue weighted by atomic mass is 32.2. The molecular weight excluding hydrogens is 742 g/mol. The van der Waals surface area contributed by atoms with Gasteiger partial charge >= 0.3 is 7.60 Å². The highest BCUT2D eigenvalue weighted by Gasteiger charge is 2.43. The molecule has 0 fully saturated rings. The number of sulfone groups is 1. The van der Waals surface area contributed by atoms with Gasteiger partial charge in [-0.25, -0.2) is 13.3 Å². The molecule has 3 aromatic rings. The molecule has 1 aliphatic rings. The van der Waals surface area contributed by atoms with E-state index < -0.39 is 59.7 Å². The third kappa shape index (κ3) is 10.8. The first kappa shape index (κ1) is 42.3. The van der Waals surface area contributed by atoms with E-state index in [4.69, 9.17) is 4.74 Å². The summed E-state index contributed by atoms with van der Waals surface area (Å²) in [5, 5.41) is 16.2. The molecule has 0 aromatic heterocycles. The number of nitrogens with one attached hydrogen (secondary N) is 2. The Hall–Kier alpha value is -3.43. The predicted molar refractivity (Wildman–Crippen MR) is 205 cm³/mol. The van der Waals surface area contributed by atoms with Gasteiger partial charge in [-0.05, 0) is 37.3 Å². The molecule has 4 N–H and O–H groups in total. The van der Waals surface area contributed by atoms with Gasteiger partial charge in [0.2, 0.25) is 5.72 Å². The molecule has 1 unspecified atom stereocenters. The SMILES string of the molecule is CCCCC1(CCCC)CN(c2ccccc2)c2cc(SC)c(OCC(=O)N[C@](O)(C(=O)NCCP(=O)(O)OOC)c3ccccc3)cc2S(=O)(=O)C1. The van der Waals surface area contributed by atoms with Crippen molar-refractivity contribution in [1.29, 1.82) is 0 Å². The van der Waals surface area contributed by atoms with Crippen molar-refractivity contribution in [3.8, 4) is 5.75 Å². The van der Waals surface area contributed by atoms with Gasteiger partial charge in [-0.1, -0.05) is 88.1 Å². The third-order valence-corrected chi connectivity index (χ3v) is 13.0. The molecule has 0 aliphatic carbocycles. The first-order valence-electron chi connectivity index (χ1n) is 17.5. The minimum atomic E-state index is -4.19. The number of carbonyl (C=O) groups is 2. The Labute approximate surface area is 316 Å². The fraction of sp³-hybridized carbons (Fsp3) is 0.459. The largest absolute Gasteiger partial charge is 0.483 e. The zero-order valence-corrected chi connectivity index (χ0v) is 33.1. The number of ether oxygens (including phenoxy) is 1. The van der Waals surface area contributed by atoms with Crippen LogP contribution in [0.5, 0.6) is 5.75 Å². The molecule has 0 saturated heterocycles. The van der Waals surface area contributed by atoms with Gasteiger partial charge in [0.15, 0.2) is 16.4 Å². The maximum atomic E-state index is 14.4. The molecule has 53 heavy (non-hydrogen) atoms. The number of para-hydroxylation sites is 1. The number of benzene rings is 3. The molecule has 13 nitrogen and oxygen atoms in total. The minimum absolute atomic E-state index is 0.0164. The molecule has 0 bridgehead atoms. The van der Waals surface area contributed by atoms with Crippen molar-refractivity contribution in [1.82, 2.24) is 10.6 Å². The van der Waals surface area contributed by atoms with Crippen LogP contribution in [-0.2, 0) is 39.3 Å². The van der Waals surface area contributed by atoms with E-state index in [0.717, 1.165) is 51.3 Å². The van der Waals surface area contributed by atoms with E-state index in [2.05, 4.69) is 38.9 Å². The van der Waals surface area contributed by atoms with Gasteiger partial charge in [-0.3, -0.25) is 14.2 Å². The van der Waals surface area contributed by atoms with Crippen LogP contribution in [0.4, 0.5) is 11.4 Å². The second kappa shape index (κ2) is 18.7. The molecule has 2 amide bonds. The van der Waals surface area contributed by atoms with Crippen LogP contribution in [0.3, 0.4) is 0 Å². The number of anilines is 2. The molecule has 2 atom stereocenters. The lowest BCUT2D eigenvalue weighted by atomic mass is 9.79. The Kier molecular flexibility index (Phi) is 15.0. The molecule has 1 aliphatic heterocycles. The zero-order chi connectivity index (χ0) is 38.7. The van der Waals surface area contributed by atoms with Crippen LogP contribution >= 0.6 is 19.4 Å². The van der Waals surface area contributed by atoms with E-state index in [9.17, 15) is 32.6 Å². The van der Waals surface area contributed by atoms with Crippen LogP contribution in [0.1, 0.15) is 57.9 Å². The number of nitrogens with zero attached hydrogens (tertiary/aromatic N) is 1. The number of amides is 2. The summed E-state index contributed by atoms with van der Waals surface area (Å²) in [6.45, 7) is 3.66. The summed E-state index contributed by atoms with van der Waals surface area (Å²) in [7, 11) is -6.98. The number of fused-ring (bicyclic) bond motifs is 1. The van der Waals surface area contributed by atoms with Gasteiger partial charge in [-0.2, -0.15) is 0 Å². The van der Waals surface area contributed by atoms with Crippen molar-refractivity contribution in [2.45, 2.75) is 67.9 Å². The Balaban J connectivity index is 1.65. The van der Waals surface area contributed by atoms with E-state index in [1.54, 1.807) is 24.3 Å². The van der Waals surface area contributed by atoms with E-state index >= 15 is 0 Å². The van der Waals surface area contributed by atoms with Gasteiger partial charge < -0.3 is 30.3 Å². The summed E-state index contributed by atoms with van der Waals surface area (Å²) in [5.74, 6) is -1.85. The number of thioether (sulfide) groups is 1. The molecule has 290 valence electrons.